The fourth-order valence-corrected chi connectivity index (χ4v) is 3.92. The van der Waals surface area contributed by atoms with Gasteiger partial charge in [-0.25, -0.2) is 0 Å². The van der Waals surface area contributed by atoms with Crippen molar-refractivity contribution in [2.45, 2.75) is 17.9 Å². The minimum atomic E-state index is -0.486. The van der Waals surface area contributed by atoms with E-state index in [0.29, 0.717) is 18.8 Å². The van der Waals surface area contributed by atoms with E-state index >= 15 is 0 Å². The van der Waals surface area contributed by atoms with Crippen molar-refractivity contribution in [2.75, 3.05) is 39.0 Å². The molecule has 1 aliphatic heterocycles. The Morgan fingerprint density at radius 2 is 2.00 bits per heavy atom. The molecule has 0 bridgehead atoms. The summed E-state index contributed by atoms with van der Waals surface area (Å²) in [5.74, 6) is 0.365. The molecule has 7 heteroatoms. The number of amides is 2. The fourth-order valence-electron chi connectivity index (χ4n) is 2.40. The molecule has 0 aromatic heterocycles. The lowest BCUT2D eigenvalue weighted by Crippen LogP contribution is -2.54. The molecule has 1 atom stereocenters. The van der Waals surface area contributed by atoms with Crippen LogP contribution in [0.25, 0.3) is 0 Å². The molecule has 23 heavy (non-hydrogen) atoms. The number of halogens is 1. The van der Waals surface area contributed by atoms with Crippen LogP contribution in [0, 0.1) is 0 Å². The number of nitrogens with one attached hydrogen (secondary N) is 1. The van der Waals surface area contributed by atoms with E-state index in [1.165, 1.54) is 6.92 Å². The number of nitrogens with zero attached hydrogens (tertiary/aromatic N) is 2. The summed E-state index contributed by atoms with van der Waals surface area (Å²) in [6.45, 7) is 4.63. The van der Waals surface area contributed by atoms with Gasteiger partial charge in [0.2, 0.25) is 11.8 Å². The lowest BCUT2D eigenvalue weighted by atomic mass is 10.2. The lowest BCUT2D eigenvalue weighted by Gasteiger charge is -2.34. The van der Waals surface area contributed by atoms with Crippen molar-refractivity contribution in [3.8, 4) is 0 Å². The standard InChI is InChI=1S/C16H22BrN3O2S/c1-12(21)18-15(11-23-14-5-3-4-13(17)10-14)16(22)20-8-6-19(2)7-9-20/h3-5,10,15H,6-9,11H2,1-2H3,(H,18,21). The van der Waals surface area contributed by atoms with Gasteiger partial charge in [-0.3, -0.25) is 9.59 Å². The van der Waals surface area contributed by atoms with Gasteiger partial charge in [0.05, 0.1) is 0 Å². The predicted molar refractivity (Wildman–Crippen MR) is 96.5 cm³/mol. The highest BCUT2D eigenvalue weighted by Gasteiger charge is 2.27. The predicted octanol–water partition coefficient (Wildman–Crippen LogP) is 1.82. The topological polar surface area (TPSA) is 52.7 Å². The second kappa shape index (κ2) is 8.70. The van der Waals surface area contributed by atoms with Crippen LogP contribution >= 0.6 is 27.7 Å². The minimum Gasteiger partial charge on any atom is -0.344 e. The Labute approximate surface area is 149 Å². The van der Waals surface area contributed by atoms with Crippen LogP contribution < -0.4 is 5.32 Å². The summed E-state index contributed by atoms with van der Waals surface area (Å²) in [7, 11) is 2.05. The van der Waals surface area contributed by atoms with Crippen LogP contribution in [-0.4, -0.2) is 66.6 Å². The van der Waals surface area contributed by atoms with Crippen molar-refractivity contribution < 1.29 is 9.59 Å². The quantitative estimate of drug-likeness (QED) is 0.767. The Bertz CT molecular complexity index is 562. The molecule has 1 aromatic rings. The molecule has 0 radical (unpaired) electrons. The molecule has 126 valence electrons. The highest BCUT2D eigenvalue weighted by atomic mass is 79.9. The number of benzene rings is 1. The molecule has 1 aromatic carbocycles. The Kier molecular flexibility index (Phi) is 6.92. The van der Waals surface area contributed by atoms with Gasteiger partial charge in [0, 0.05) is 48.2 Å². The third kappa shape index (κ3) is 5.82. The number of carbonyl (C=O) groups is 2. The highest BCUT2D eigenvalue weighted by molar-refractivity contribution is 9.10. The Balaban J connectivity index is 1.98. The van der Waals surface area contributed by atoms with E-state index in [-0.39, 0.29) is 11.8 Å². The van der Waals surface area contributed by atoms with Gasteiger partial charge < -0.3 is 15.1 Å². The van der Waals surface area contributed by atoms with E-state index in [0.717, 1.165) is 22.5 Å². The molecule has 1 heterocycles. The van der Waals surface area contributed by atoms with Crippen LogP contribution in [0.5, 0.6) is 0 Å². The van der Waals surface area contributed by atoms with Gasteiger partial charge in [-0.15, -0.1) is 11.8 Å². The van der Waals surface area contributed by atoms with Gasteiger partial charge in [0.1, 0.15) is 6.04 Å². The van der Waals surface area contributed by atoms with Crippen molar-refractivity contribution in [1.82, 2.24) is 15.1 Å². The molecule has 2 rings (SSSR count). The van der Waals surface area contributed by atoms with Crippen LogP contribution in [-0.2, 0) is 9.59 Å². The van der Waals surface area contributed by atoms with Gasteiger partial charge >= 0.3 is 0 Å². The van der Waals surface area contributed by atoms with Gasteiger partial charge in [-0.05, 0) is 25.2 Å². The van der Waals surface area contributed by atoms with E-state index < -0.39 is 6.04 Å². The zero-order chi connectivity index (χ0) is 16.8. The number of rotatable bonds is 5. The first kappa shape index (κ1) is 18.3. The fraction of sp³-hybridized carbons (Fsp3) is 0.500. The Morgan fingerprint density at radius 1 is 1.30 bits per heavy atom. The normalized spacial score (nSPS) is 16.9. The zero-order valence-electron chi connectivity index (χ0n) is 13.4. The van der Waals surface area contributed by atoms with Crippen LogP contribution in [0.3, 0.4) is 0 Å². The lowest BCUT2D eigenvalue weighted by molar-refractivity contribution is -0.136. The van der Waals surface area contributed by atoms with Crippen LogP contribution in [0.4, 0.5) is 0 Å². The molecule has 2 amide bonds. The molecular weight excluding hydrogens is 378 g/mol. The summed E-state index contributed by atoms with van der Waals surface area (Å²) in [6, 6.07) is 7.45. The molecule has 0 saturated carbocycles. The van der Waals surface area contributed by atoms with Crippen molar-refractivity contribution in [1.29, 1.82) is 0 Å². The Hall–Kier alpha value is -1.05. The number of carbonyl (C=O) groups excluding carboxylic acids is 2. The van der Waals surface area contributed by atoms with E-state index in [4.69, 9.17) is 0 Å². The molecule has 1 fully saturated rings. The number of likely N-dealkylation sites (N-methyl/N-ethyl adjacent to an activating group) is 1. The monoisotopic (exact) mass is 399 g/mol. The van der Waals surface area contributed by atoms with Crippen LogP contribution in [0.1, 0.15) is 6.92 Å². The second-order valence-corrected chi connectivity index (χ2v) is 7.66. The number of piperazine rings is 1. The SMILES string of the molecule is CC(=O)NC(CSc1cccc(Br)c1)C(=O)N1CCN(C)CC1. The molecule has 1 aliphatic rings. The average molecular weight is 400 g/mol. The maximum absolute atomic E-state index is 12.7. The smallest absolute Gasteiger partial charge is 0.246 e. The van der Waals surface area contributed by atoms with Crippen LogP contribution in [0.15, 0.2) is 33.6 Å². The number of hydrogen-bond acceptors (Lipinski definition) is 4. The van der Waals surface area contributed by atoms with Gasteiger partial charge in [-0.2, -0.15) is 0 Å². The van der Waals surface area contributed by atoms with Gasteiger partial charge in [-0.1, -0.05) is 22.0 Å². The first-order valence-electron chi connectivity index (χ1n) is 7.58. The summed E-state index contributed by atoms with van der Waals surface area (Å²) >= 11 is 5.02. The highest BCUT2D eigenvalue weighted by Crippen LogP contribution is 2.23. The number of hydrogen-bond donors (Lipinski definition) is 1. The summed E-state index contributed by atoms with van der Waals surface area (Å²) in [4.78, 5) is 29.3. The molecule has 0 spiro atoms. The van der Waals surface area contributed by atoms with Crippen molar-refractivity contribution in [3.63, 3.8) is 0 Å². The number of thioether (sulfide) groups is 1. The largest absolute Gasteiger partial charge is 0.344 e. The molecule has 0 aliphatic carbocycles. The van der Waals surface area contributed by atoms with E-state index in [1.54, 1.807) is 11.8 Å². The van der Waals surface area contributed by atoms with E-state index in [2.05, 4.69) is 33.2 Å². The third-order valence-corrected chi connectivity index (χ3v) is 5.28. The zero-order valence-corrected chi connectivity index (χ0v) is 15.8. The van der Waals surface area contributed by atoms with Crippen LogP contribution in [0.2, 0.25) is 0 Å². The van der Waals surface area contributed by atoms with E-state index in [9.17, 15) is 9.59 Å². The Morgan fingerprint density at radius 3 is 2.61 bits per heavy atom. The second-order valence-electron chi connectivity index (χ2n) is 5.65. The first-order valence-corrected chi connectivity index (χ1v) is 9.36. The maximum atomic E-state index is 12.7. The summed E-state index contributed by atoms with van der Waals surface area (Å²) in [6.07, 6.45) is 0. The molecule has 1 unspecified atom stereocenters. The van der Waals surface area contributed by atoms with Gasteiger partial charge in [0.15, 0.2) is 0 Å². The molecule has 5 nitrogen and oxygen atoms in total. The molecule has 1 saturated heterocycles. The molecule has 1 N–H and O–H groups in total. The summed E-state index contributed by atoms with van der Waals surface area (Å²) < 4.78 is 1.00. The first-order chi connectivity index (χ1) is 11.0. The van der Waals surface area contributed by atoms with E-state index in [1.807, 2.05) is 29.2 Å². The molecular formula is C16H22BrN3O2S. The van der Waals surface area contributed by atoms with Gasteiger partial charge in [0.25, 0.3) is 0 Å². The minimum absolute atomic E-state index is 0.01000. The van der Waals surface area contributed by atoms with Crippen molar-refractivity contribution in [3.05, 3.63) is 28.7 Å². The average Bonchev–Trinajstić information content (AvgIpc) is 2.51. The third-order valence-electron chi connectivity index (χ3n) is 3.70. The maximum Gasteiger partial charge on any atom is 0.246 e. The van der Waals surface area contributed by atoms with Crippen molar-refractivity contribution >= 4 is 39.5 Å². The summed E-state index contributed by atoms with van der Waals surface area (Å²) in [5.41, 5.74) is 0. The summed E-state index contributed by atoms with van der Waals surface area (Å²) in [5, 5.41) is 2.80. The van der Waals surface area contributed by atoms with Crippen molar-refractivity contribution in [2.24, 2.45) is 0 Å².